The Hall–Kier alpha value is -1.54. The molecule has 0 atom stereocenters. The van der Waals surface area contributed by atoms with E-state index in [0.29, 0.717) is 5.69 Å². The lowest BCUT2D eigenvalue weighted by Gasteiger charge is -2.05. The zero-order chi connectivity index (χ0) is 7.84. The molecule has 0 unspecified atom stereocenters. The van der Waals surface area contributed by atoms with Crippen LogP contribution in [0.5, 0.6) is 0 Å². The first-order chi connectivity index (χ1) is 5.31. The van der Waals surface area contributed by atoms with Gasteiger partial charge in [0.2, 0.25) is 0 Å². The van der Waals surface area contributed by atoms with Crippen molar-refractivity contribution in [2.45, 2.75) is 6.54 Å². The molecular formula is C6H7N5. The number of aromatic nitrogens is 2. The third-order valence-electron chi connectivity index (χ3n) is 1.72. The second-order valence-electron chi connectivity index (χ2n) is 2.42. The average Bonchev–Trinajstić information content (AvgIpc) is 2.53. The van der Waals surface area contributed by atoms with E-state index < -0.39 is 0 Å². The Labute approximate surface area is 63.6 Å². The van der Waals surface area contributed by atoms with Crippen LogP contribution in [0, 0.1) is 11.3 Å². The molecule has 0 aliphatic carbocycles. The normalized spacial score (nSPS) is 14.7. The van der Waals surface area contributed by atoms with Gasteiger partial charge in [0, 0.05) is 6.07 Å². The zero-order valence-corrected chi connectivity index (χ0v) is 5.86. The van der Waals surface area contributed by atoms with Gasteiger partial charge in [-0.25, -0.2) is 10.5 Å². The molecule has 56 valence electrons. The maximum absolute atomic E-state index is 8.50. The van der Waals surface area contributed by atoms with Crippen LogP contribution < -0.4 is 10.9 Å². The minimum Gasteiger partial charge on any atom is -0.293 e. The third-order valence-corrected chi connectivity index (χ3v) is 1.72. The summed E-state index contributed by atoms with van der Waals surface area (Å²) < 4.78 is 1.73. The van der Waals surface area contributed by atoms with Gasteiger partial charge in [-0.05, 0) is 0 Å². The van der Waals surface area contributed by atoms with Crippen molar-refractivity contribution in [2.24, 2.45) is 5.84 Å². The number of hydrazine groups is 1. The van der Waals surface area contributed by atoms with E-state index in [4.69, 9.17) is 11.1 Å². The van der Waals surface area contributed by atoms with Crippen LogP contribution in [0.15, 0.2) is 6.07 Å². The van der Waals surface area contributed by atoms with Gasteiger partial charge in [0.1, 0.15) is 11.9 Å². The van der Waals surface area contributed by atoms with E-state index >= 15 is 0 Å². The van der Waals surface area contributed by atoms with Gasteiger partial charge in [0.25, 0.3) is 0 Å². The predicted molar refractivity (Wildman–Crippen MR) is 38.5 cm³/mol. The molecule has 0 fully saturated rings. The lowest BCUT2D eigenvalue weighted by Crippen LogP contribution is -2.27. The van der Waals surface area contributed by atoms with Gasteiger partial charge >= 0.3 is 0 Å². The lowest BCUT2D eigenvalue weighted by molar-refractivity contribution is 0.685. The highest BCUT2D eigenvalue weighted by molar-refractivity contribution is 5.44. The highest BCUT2D eigenvalue weighted by Gasteiger charge is 2.18. The summed E-state index contributed by atoms with van der Waals surface area (Å²) >= 11 is 0. The smallest absolute Gasteiger partial charge is 0.164 e. The molecule has 1 aromatic rings. The molecule has 0 saturated heterocycles. The van der Waals surface area contributed by atoms with E-state index in [1.165, 1.54) is 0 Å². The fraction of sp³-hybridized carbons (Fsp3) is 0.333. The Morgan fingerprint density at radius 2 is 2.45 bits per heavy atom. The minimum atomic E-state index is 0.426. The maximum atomic E-state index is 8.50. The van der Waals surface area contributed by atoms with Crippen molar-refractivity contribution in [1.82, 2.24) is 9.78 Å². The summed E-state index contributed by atoms with van der Waals surface area (Å²) in [4.78, 5) is 0. The Balaban J connectivity index is 2.48. The fourth-order valence-corrected chi connectivity index (χ4v) is 1.17. The number of fused-ring (bicyclic) bond motifs is 1. The maximum Gasteiger partial charge on any atom is 0.164 e. The third kappa shape index (κ3) is 0.767. The predicted octanol–water partition coefficient (Wildman–Crippen LogP) is -0.552. The van der Waals surface area contributed by atoms with Gasteiger partial charge in [0.15, 0.2) is 5.69 Å². The van der Waals surface area contributed by atoms with Gasteiger partial charge < -0.3 is 0 Å². The highest BCUT2D eigenvalue weighted by Crippen LogP contribution is 2.17. The van der Waals surface area contributed by atoms with Crippen LogP contribution in [-0.4, -0.2) is 16.3 Å². The number of hydrogen-bond donors (Lipinski definition) is 1. The van der Waals surface area contributed by atoms with E-state index in [0.717, 1.165) is 18.9 Å². The number of nitrogens with zero attached hydrogens (tertiary/aromatic N) is 4. The molecule has 11 heavy (non-hydrogen) atoms. The van der Waals surface area contributed by atoms with Gasteiger partial charge in [0.05, 0.1) is 13.1 Å². The summed E-state index contributed by atoms with van der Waals surface area (Å²) in [6, 6.07) is 3.65. The Morgan fingerprint density at radius 3 is 3.09 bits per heavy atom. The average molecular weight is 149 g/mol. The summed E-state index contributed by atoms with van der Waals surface area (Å²) in [5.74, 6) is 6.40. The van der Waals surface area contributed by atoms with Crippen LogP contribution >= 0.6 is 0 Å². The van der Waals surface area contributed by atoms with E-state index in [9.17, 15) is 0 Å². The van der Waals surface area contributed by atoms with Crippen molar-refractivity contribution in [2.75, 3.05) is 11.6 Å². The summed E-state index contributed by atoms with van der Waals surface area (Å²) in [5.41, 5.74) is 0.426. The van der Waals surface area contributed by atoms with Crippen LogP contribution in [0.2, 0.25) is 0 Å². The zero-order valence-electron chi connectivity index (χ0n) is 5.86. The van der Waals surface area contributed by atoms with E-state index in [1.807, 2.05) is 6.07 Å². The Bertz CT molecular complexity index is 320. The van der Waals surface area contributed by atoms with Crippen molar-refractivity contribution < 1.29 is 0 Å². The summed E-state index contributed by atoms with van der Waals surface area (Å²) in [6.45, 7) is 1.54. The number of rotatable bonds is 0. The molecule has 0 aromatic carbocycles. The molecular weight excluding hydrogens is 142 g/mol. The van der Waals surface area contributed by atoms with E-state index in [-0.39, 0.29) is 0 Å². The molecule has 5 heteroatoms. The van der Waals surface area contributed by atoms with Crippen LogP contribution in [0.3, 0.4) is 0 Å². The Morgan fingerprint density at radius 1 is 1.64 bits per heavy atom. The summed E-state index contributed by atoms with van der Waals surface area (Å²) in [6.07, 6.45) is 0. The minimum absolute atomic E-state index is 0.426. The molecule has 0 bridgehead atoms. The molecule has 1 aliphatic rings. The van der Waals surface area contributed by atoms with Crippen LogP contribution in [0.25, 0.3) is 0 Å². The van der Waals surface area contributed by atoms with Crippen molar-refractivity contribution >= 4 is 5.82 Å². The topological polar surface area (TPSA) is 70.9 Å². The first kappa shape index (κ1) is 6.19. The number of hydrogen-bond acceptors (Lipinski definition) is 4. The van der Waals surface area contributed by atoms with Crippen LogP contribution in [0.4, 0.5) is 5.82 Å². The van der Waals surface area contributed by atoms with Gasteiger partial charge in [-0.3, -0.25) is 5.01 Å². The number of anilines is 1. The highest BCUT2D eigenvalue weighted by atomic mass is 15.5. The van der Waals surface area contributed by atoms with Gasteiger partial charge in [-0.15, -0.1) is 0 Å². The Kier molecular flexibility index (Phi) is 1.11. The first-order valence-electron chi connectivity index (χ1n) is 3.31. The molecule has 0 spiro atoms. The molecule has 2 rings (SSSR count). The molecule has 0 radical (unpaired) electrons. The lowest BCUT2D eigenvalue weighted by atomic mass is 10.4. The van der Waals surface area contributed by atoms with E-state index in [2.05, 4.69) is 5.10 Å². The quantitative estimate of drug-likeness (QED) is 0.502. The second kappa shape index (κ2) is 1.97. The second-order valence-corrected chi connectivity index (χ2v) is 2.42. The molecule has 1 aliphatic heterocycles. The largest absolute Gasteiger partial charge is 0.293 e. The summed E-state index contributed by atoms with van der Waals surface area (Å²) in [5, 5.41) is 14.1. The molecule has 0 amide bonds. The van der Waals surface area contributed by atoms with E-state index in [1.54, 1.807) is 15.8 Å². The molecule has 5 nitrogen and oxygen atoms in total. The molecule has 1 aromatic heterocycles. The van der Waals surface area contributed by atoms with Crippen LogP contribution in [0.1, 0.15) is 5.69 Å². The SMILES string of the molecule is N#Cc1cc2n(n1)CCN2N. The van der Waals surface area contributed by atoms with Crippen LogP contribution in [-0.2, 0) is 6.54 Å². The van der Waals surface area contributed by atoms with Crippen molar-refractivity contribution in [3.05, 3.63) is 11.8 Å². The van der Waals surface area contributed by atoms with Gasteiger partial charge in [-0.1, -0.05) is 0 Å². The summed E-state index contributed by atoms with van der Waals surface area (Å²) in [7, 11) is 0. The van der Waals surface area contributed by atoms with Crippen molar-refractivity contribution in [1.29, 1.82) is 5.26 Å². The molecule has 2 N–H and O–H groups in total. The monoisotopic (exact) mass is 149 g/mol. The number of nitrogens with two attached hydrogens (primary N) is 1. The van der Waals surface area contributed by atoms with Crippen molar-refractivity contribution in [3.8, 4) is 6.07 Å². The van der Waals surface area contributed by atoms with Gasteiger partial charge in [-0.2, -0.15) is 10.4 Å². The molecule has 0 saturated carbocycles. The standard InChI is InChI=1S/C6H7N5/c7-4-5-3-6-10(8)1-2-11(6)9-5/h3H,1-2,8H2. The molecule has 2 heterocycles. The number of nitriles is 1. The first-order valence-corrected chi connectivity index (χ1v) is 3.31. The van der Waals surface area contributed by atoms with Crippen molar-refractivity contribution in [3.63, 3.8) is 0 Å². The fourth-order valence-electron chi connectivity index (χ4n) is 1.17.